The van der Waals surface area contributed by atoms with Crippen LogP contribution in [0.15, 0.2) is 71.9 Å². The maximum atomic E-state index is 12.7. The summed E-state index contributed by atoms with van der Waals surface area (Å²) in [7, 11) is 0. The third-order valence-electron chi connectivity index (χ3n) is 5.13. The highest BCUT2D eigenvalue weighted by atomic mass is 35.5. The Morgan fingerprint density at radius 3 is 2.60 bits per heavy atom. The molecule has 2 heterocycles. The number of nitrogens with one attached hydrogen (secondary N) is 1. The number of amides is 1. The SMILES string of the molecule is CCOc1ccc(-n2c(SCC(=O)Nc3ccc4c(c3)OCO4)nnc2-c2ccc(Cl)cc2)cc1. The first-order valence-electron chi connectivity index (χ1n) is 10.9. The highest BCUT2D eigenvalue weighted by Crippen LogP contribution is 2.34. The van der Waals surface area contributed by atoms with Crippen LogP contribution in [0.5, 0.6) is 17.2 Å². The molecular formula is C25H21ClN4O4S. The number of halogens is 1. The molecule has 1 aromatic heterocycles. The van der Waals surface area contributed by atoms with Gasteiger partial charge in [-0.05, 0) is 67.6 Å². The topological polar surface area (TPSA) is 87.5 Å². The van der Waals surface area contributed by atoms with E-state index in [0.717, 1.165) is 17.0 Å². The number of nitrogens with zero attached hydrogens (tertiary/aromatic N) is 3. The molecule has 10 heteroatoms. The van der Waals surface area contributed by atoms with Crippen LogP contribution < -0.4 is 19.5 Å². The van der Waals surface area contributed by atoms with Crippen molar-refractivity contribution in [2.24, 2.45) is 0 Å². The molecule has 35 heavy (non-hydrogen) atoms. The Labute approximate surface area is 211 Å². The third-order valence-corrected chi connectivity index (χ3v) is 6.31. The second kappa shape index (κ2) is 10.3. The van der Waals surface area contributed by atoms with Gasteiger partial charge in [-0.15, -0.1) is 10.2 Å². The number of benzene rings is 3. The van der Waals surface area contributed by atoms with Gasteiger partial charge in [0.1, 0.15) is 5.75 Å². The van der Waals surface area contributed by atoms with Crippen molar-refractivity contribution in [3.63, 3.8) is 0 Å². The van der Waals surface area contributed by atoms with Crippen LogP contribution in [0.1, 0.15) is 6.92 Å². The van der Waals surface area contributed by atoms with Crippen LogP contribution >= 0.6 is 23.4 Å². The van der Waals surface area contributed by atoms with Gasteiger partial charge in [-0.25, -0.2) is 0 Å². The number of thioether (sulfide) groups is 1. The number of rotatable bonds is 8. The second-order valence-corrected chi connectivity index (χ2v) is 8.86. The molecule has 1 aliphatic heterocycles. The first-order chi connectivity index (χ1) is 17.1. The monoisotopic (exact) mass is 508 g/mol. The Morgan fingerprint density at radius 1 is 1.06 bits per heavy atom. The first-order valence-corrected chi connectivity index (χ1v) is 12.2. The van der Waals surface area contributed by atoms with Crippen molar-refractivity contribution in [1.29, 1.82) is 0 Å². The Kier molecular flexibility index (Phi) is 6.78. The lowest BCUT2D eigenvalue weighted by Gasteiger charge is -2.12. The lowest BCUT2D eigenvalue weighted by atomic mass is 10.2. The normalized spacial score (nSPS) is 11.9. The minimum absolute atomic E-state index is 0.143. The lowest BCUT2D eigenvalue weighted by Crippen LogP contribution is -2.14. The average Bonchev–Trinajstić information content (AvgIpc) is 3.51. The van der Waals surface area contributed by atoms with Gasteiger partial charge >= 0.3 is 0 Å². The van der Waals surface area contributed by atoms with Crippen molar-refractivity contribution < 1.29 is 19.0 Å². The molecule has 3 aromatic carbocycles. The van der Waals surface area contributed by atoms with Gasteiger partial charge < -0.3 is 19.5 Å². The summed E-state index contributed by atoms with van der Waals surface area (Å²) in [5.74, 6) is 2.65. The summed E-state index contributed by atoms with van der Waals surface area (Å²) in [6.07, 6.45) is 0. The van der Waals surface area contributed by atoms with Crippen molar-refractivity contribution in [2.75, 3.05) is 24.5 Å². The van der Waals surface area contributed by atoms with E-state index in [9.17, 15) is 4.79 Å². The fourth-order valence-corrected chi connectivity index (χ4v) is 4.42. The lowest BCUT2D eigenvalue weighted by molar-refractivity contribution is -0.113. The number of carbonyl (C=O) groups is 1. The molecule has 1 aliphatic rings. The molecule has 0 radical (unpaired) electrons. The molecule has 8 nitrogen and oxygen atoms in total. The summed E-state index contributed by atoms with van der Waals surface area (Å²) in [6.45, 7) is 2.71. The highest BCUT2D eigenvalue weighted by molar-refractivity contribution is 7.99. The molecule has 1 N–H and O–H groups in total. The predicted octanol–water partition coefficient (Wildman–Crippen LogP) is 5.45. The molecule has 178 valence electrons. The largest absolute Gasteiger partial charge is 0.494 e. The summed E-state index contributed by atoms with van der Waals surface area (Å²) in [5, 5.41) is 12.9. The summed E-state index contributed by atoms with van der Waals surface area (Å²) < 4.78 is 18.2. The molecule has 0 spiro atoms. The predicted molar refractivity (Wildman–Crippen MR) is 135 cm³/mol. The fraction of sp³-hybridized carbons (Fsp3) is 0.160. The van der Waals surface area contributed by atoms with Gasteiger partial charge in [0, 0.05) is 28.0 Å². The molecule has 0 saturated heterocycles. The smallest absolute Gasteiger partial charge is 0.234 e. The number of hydrogen-bond donors (Lipinski definition) is 1. The zero-order valence-electron chi connectivity index (χ0n) is 18.7. The van der Waals surface area contributed by atoms with Gasteiger partial charge in [-0.2, -0.15) is 0 Å². The molecule has 0 fully saturated rings. The van der Waals surface area contributed by atoms with Gasteiger partial charge in [0.2, 0.25) is 12.7 Å². The van der Waals surface area contributed by atoms with Crippen LogP contribution in [-0.4, -0.2) is 39.8 Å². The molecule has 0 bridgehead atoms. The standard InChI is InChI=1S/C25H21ClN4O4S/c1-2-32-20-10-8-19(9-11-20)30-24(16-3-5-17(26)6-4-16)28-29-25(30)35-14-23(31)27-18-7-12-21-22(13-18)34-15-33-21/h3-13H,2,14-15H2,1H3,(H,27,31). The zero-order valence-corrected chi connectivity index (χ0v) is 20.3. The Bertz CT molecular complexity index is 1340. The van der Waals surface area contributed by atoms with E-state index in [2.05, 4.69) is 15.5 Å². The van der Waals surface area contributed by atoms with Crippen molar-refractivity contribution in [2.45, 2.75) is 12.1 Å². The molecule has 0 unspecified atom stereocenters. The number of ether oxygens (including phenoxy) is 3. The van der Waals surface area contributed by atoms with Gasteiger partial charge in [0.25, 0.3) is 0 Å². The van der Waals surface area contributed by atoms with Gasteiger partial charge in [0.15, 0.2) is 22.5 Å². The van der Waals surface area contributed by atoms with Crippen molar-refractivity contribution in [3.05, 3.63) is 71.8 Å². The van der Waals surface area contributed by atoms with Crippen LogP contribution in [0, 0.1) is 0 Å². The third kappa shape index (κ3) is 5.21. The van der Waals surface area contributed by atoms with Crippen molar-refractivity contribution >= 4 is 35.0 Å². The van der Waals surface area contributed by atoms with E-state index >= 15 is 0 Å². The van der Waals surface area contributed by atoms with Gasteiger partial charge in [-0.3, -0.25) is 9.36 Å². The average molecular weight is 509 g/mol. The van der Waals surface area contributed by atoms with Crippen LogP contribution in [0.25, 0.3) is 17.1 Å². The van der Waals surface area contributed by atoms with Crippen LogP contribution in [-0.2, 0) is 4.79 Å². The Hall–Kier alpha value is -3.69. The molecular weight excluding hydrogens is 488 g/mol. The van der Waals surface area contributed by atoms with E-state index in [0.29, 0.717) is 39.8 Å². The Balaban J connectivity index is 1.37. The minimum atomic E-state index is -0.178. The molecule has 0 aliphatic carbocycles. The summed E-state index contributed by atoms with van der Waals surface area (Å²) in [5.41, 5.74) is 2.34. The van der Waals surface area contributed by atoms with Crippen molar-refractivity contribution in [3.8, 4) is 34.3 Å². The number of hydrogen-bond acceptors (Lipinski definition) is 7. The Morgan fingerprint density at radius 2 is 1.83 bits per heavy atom. The maximum Gasteiger partial charge on any atom is 0.234 e. The minimum Gasteiger partial charge on any atom is -0.494 e. The number of fused-ring (bicyclic) bond motifs is 1. The molecule has 0 saturated carbocycles. The molecule has 4 aromatic rings. The number of anilines is 1. The fourth-order valence-electron chi connectivity index (χ4n) is 3.54. The quantitative estimate of drug-likeness (QED) is 0.317. The summed E-state index contributed by atoms with van der Waals surface area (Å²) in [6, 6.07) is 20.3. The molecule has 5 rings (SSSR count). The number of aromatic nitrogens is 3. The zero-order chi connectivity index (χ0) is 24.2. The first kappa shape index (κ1) is 23.1. The maximum absolute atomic E-state index is 12.7. The van der Waals surface area contributed by atoms with E-state index < -0.39 is 0 Å². The van der Waals surface area contributed by atoms with Gasteiger partial charge in [0.05, 0.1) is 12.4 Å². The van der Waals surface area contributed by atoms with Crippen LogP contribution in [0.4, 0.5) is 5.69 Å². The van der Waals surface area contributed by atoms with E-state index in [1.54, 1.807) is 30.3 Å². The van der Waals surface area contributed by atoms with Gasteiger partial charge in [-0.1, -0.05) is 23.4 Å². The summed E-state index contributed by atoms with van der Waals surface area (Å²) in [4.78, 5) is 12.7. The van der Waals surface area contributed by atoms with E-state index in [1.165, 1.54) is 11.8 Å². The molecule has 1 amide bonds. The second-order valence-electron chi connectivity index (χ2n) is 7.48. The highest BCUT2D eigenvalue weighted by Gasteiger charge is 2.18. The van der Waals surface area contributed by atoms with E-state index in [4.69, 9.17) is 25.8 Å². The van der Waals surface area contributed by atoms with Crippen LogP contribution in [0.3, 0.4) is 0 Å². The van der Waals surface area contributed by atoms with Crippen molar-refractivity contribution in [1.82, 2.24) is 14.8 Å². The van der Waals surface area contributed by atoms with E-state index in [-0.39, 0.29) is 18.5 Å². The number of carbonyl (C=O) groups excluding carboxylic acids is 1. The van der Waals surface area contributed by atoms with Crippen LogP contribution in [0.2, 0.25) is 5.02 Å². The molecule has 0 atom stereocenters. The summed E-state index contributed by atoms with van der Waals surface area (Å²) >= 11 is 7.36. The van der Waals surface area contributed by atoms with E-state index in [1.807, 2.05) is 47.9 Å².